The monoisotopic (exact) mass is 235 g/mol. The van der Waals surface area contributed by atoms with E-state index in [-0.39, 0.29) is 10.2 Å². The number of rotatable bonds is 1. The van der Waals surface area contributed by atoms with Gasteiger partial charge in [-0.15, -0.1) is 0 Å². The van der Waals surface area contributed by atoms with Crippen LogP contribution < -0.4 is 5.73 Å². The number of hydrogen-bond donors (Lipinski definition) is 1. The van der Waals surface area contributed by atoms with Gasteiger partial charge in [0.25, 0.3) is 0 Å². The number of esters is 1. The number of carbonyl (C=O) groups excluding carboxylic acids is 1. The third-order valence-corrected chi connectivity index (χ3v) is 1.72. The van der Waals surface area contributed by atoms with Crippen LogP contribution >= 0.6 is 15.9 Å². The third-order valence-electron chi connectivity index (χ3n) is 1.09. The van der Waals surface area contributed by atoms with Gasteiger partial charge in [-0.05, 0) is 34.1 Å². The lowest BCUT2D eigenvalue weighted by atomic mass is 10.2. The number of halogens is 1. The first kappa shape index (κ1) is 3.79. The van der Waals surface area contributed by atoms with E-state index in [1.807, 2.05) is 0 Å². The van der Waals surface area contributed by atoms with Crippen molar-refractivity contribution in [1.82, 2.24) is 0 Å². The molecular weight excluding hydrogens is 222 g/mol. The molecule has 0 amide bonds. The van der Waals surface area contributed by atoms with Crippen LogP contribution in [0.4, 0.5) is 5.69 Å². The zero-order chi connectivity index (χ0) is 14.2. The van der Waals surface area contributed by atoms with Crippen molar-refractivity contribution in [2.45, 2.75) is 0 Å². The van der Waals surface area contributed by atoms with Crippen LogP contribution in [0.25, 0.3) is 0 Å². The predicted octanol–water partition coefficient (Wildman–Crippen LogP) is 1.82. The molecule has 1 rings (SSSR count). The Hall–Kier alpha value is -1.03. The highest BCUT2D eigenvalue weighted by Gasteiger charge is 2.05. The van der Waals surface area contributed by atoms with Crippen LogP contribution in [0.1, 0.15) is 18.6 Å². The standard InChI is InChI=1S/C8H8BrNO2/c1-12-8(11)5-2-3-6(9)7(10)4-5/h2-4H,10H2,1H3/i1D3,2D,3D,4D. The molecule has 2 N–H and O–H groups in total. The number of nitrogens with two attached hydrogens (primary N) is 1. The molecular formula is C8H8BrNO2. The van der Waals surface area contributed by atoms with Crippen LogP contribution in [0.2, 0.25) is 0 Å². The molecule has 0 saturated heterocycles. The average molecular weight is 236 g/mol. The van der Waals surface area contributed by atoms with Crippen LogP contribution in [0, 0.1) is 0 Å². The molecule has 1 aromatic carbocycles. The maximum atomic E-state index is 11.5. The molecule has 4 heteroatoms. The lowest BCUT2D eigenvalue weighted by molar-refractivity contribution is 0.0601. The highest BCUT2D eigenvalue weighted by atomic mass is 79.9. The van der Waals surface area contributed by atoms with Gasteiger partial charge in [0.2, 0.25) is 0 Å². The summed E-state index contributed by atoms with van der Waals surface area (Å²) >= 11 is 2.91. The molecule has 0 aliphatic rings. The lowest BCUT2D eigenvalue weighted by Gasteiger charge is -2.01. The quantitative estimate of drug-likeness (QED) is 0.597. The molecule has 0 radical (unpaired) electrons. The van der Waals surface area contributed by atoms with Gasteiger partial charge in [-0.1, -0.05) is 0 Å². The first-order valence-electron chi connectivity index (χ1n) is 5.84. The highest BCUT2D eigenvalue weighted by Crippen LogP contribution is 2.20. The largest absolute Gasteiger partial charge is 0.465 e. The second-order valence-corrected chi connectivity index (χ2v) is 2.66. The topological polar surface area (TPSA) is 52.3 Å². The van der Waals surface area contributed by atoms with E-state index < -0.39 is 36.7 Å². The molecule has 3 nitrogen and oxygen atoms in total. The molecule has 0 atom stereocenters. The first-order valence-corrected chi connectivity index (χ1v) is 3.63. The Morgan fingerprint density at radius 3 is 3.25 bits per heavy atom. The van der Waals surface area contributed by atoms with Gasteiger partial charge in [-0.2, -0.15) is 0 Å². The van der Waals surface area contributed by atoms with Crippen molar-refractivity contribution in [3.05, 3.63) is 28.2 Å². The smallest absolute Gasteiger partial charge is 0.337 e. The number of hydrogen-bond acceptors (Lipinski definition) is 3. The van der Waals surface area contributed by atoms with Gasteiger partial charge in [-0.25, -0.2) is 4.79 Å². The summed E-state index contributed by atoms with van der Waals surface area (Å²) in [7, 11) is -2.99. The normalized spacial score (nSPS) is 17.8. The summed E-state index contributed by atoms with van der Waals surface area (Å²) in [6, 6.07) is -1.58. The summed E-state index contributed by atoms with van der Waals surface area (Å²) in [6.07, 6.45) is 0. The second-order valence-electron chi connectivity index (χ2n) is 1.87. The molecule has 0 bridgehead atoms. The summed E-state index contributed by atoms with van der Waals surface area (Å²) in [6.45, 7) is 0. The van der Waals surface area contributed by atoms with Crippen molar-refractivity contribution in [3.8, 4) is 0 Å². The minimum atomic E-state index is -2.99. The second kappa shape index (κ2) is 3.58. The van der Waals surface area contributed by atoms with Crippen LogP contribution in [0.3, 0.4) is 0 Å². The molecule has 12 heavy (non-hydrogen) atoms. The van der Waals surface area contributed by atoms with Gasteiger partial charge >= 0.3 is 5.97 Å². The van der Waals surface area contributed by atoms with E-state index in [2.05, 4.69) is 20.7 Å². The molecule has 0 heterocycles. The van der Waals surface area contributed by atoms with Crippen LogP contribution in [0.5, 0.6) is 0 Å². The highest BCUT2D eigenvalue weighted by molar-refractivity contribution is 9.10. The number of methoxy groups -OCH3 is 1. The molecule has 0 aromatic heterocycles. The SMILES string of the molecule is [2H]c1c([2H])c(C(=O)OC([2H])([2H])[2H])c([2H])c(N)c1Br. The molecule has 0 saturated carbocycles. The van der Waals surface area contributed by atoms with Crippen molar-refractivity contribution in [2.75, 3.05) is 12.8 Å². The molecule has 64 valence electrons. The number of benzene rings is 1. The summed E-state index contributed by atoms with van der Waals surface area (Å²) in [4.78, 5) is 11.5. The van der Waals surface area contributed by atoms with Crippen LogP contribution in [-0.4, -0.2) is 13.0 Å². The molecule has 0 aliphatic carbocycles. The van der Waals surface area contributed by atoms with Crippen LogP contribution in [-0.2, 0) is 4.74 Å². The zero-order valence-corrected chi connectivity index (χ0v) is 7.36. The first-order chi connectivity index (χ1) is 8.06. The molecule has 0 spiro atoms. The molecule has 1 aromatic rings. The summed E-state index contributed by atoms with van der Waals surface area (Å²) in [5, 5.41) is 0. The fourth-order valence-corrected chi connectivity index (χ4v) is 0.757. The Balaban J connectivity index is 3.38. The van der Waals surface area contributed by atoms with Crippen molar-refractivity contribution >= 4 is 27.6 Å². The Morgan fingerprint density at radius 1 is 1.83 bits per heavy atom. The average Bonchev–Trinajstić information content (AvgIpc) is 2.21. The van der Waals surface area contributed by atoms with Gasteiger partial charge < -0.3 is 10.5 Å². The predicted molar refractivity (Wildman–Crippen MR) is 49.9 cm³/mol. The summed E-state index contributed by atoms with van der Waals surface area (Å²) in [5.74, 6) is -1.38. The number of nitrogen functional groups attached to an aromatic ring is 1. The van der Waals surface area contributed by atoms with Gasteiger partial charge in [0.15, 0.2) is 0 Å². The van der Waals surface area contributed by atoms with Gasteiger partial charge in [-0.3, -0.25) is 0 Å². The number of ether oxygens (including phenoxy) is 1. The van der Waals surface area contributed by atoms with Gasteiger partial charge in [0.05, 0.1) is 20.8 Å². The Morgan fingerprint density at radius 2 is 2.58 bits per heavy atom. The Kier molecular flexibility index (Phi) is 1.13. The van der Waals surface area contributed by atoms with Crippen LogP contribution in [0.15, 0.2) is 22.6 Å². The minimum absolute atomic E-state index is 0.00272. The van der Waals surface area contributed by atoms with E-state index in [9.17, 15) is 4.79 Å². The number of carbonyl (C=O) groups is 1. The van der Waals surface area contributed by atoms with Crippen molar-refractivity contribution in [1.29, 1.82) is 0 Å². The Bertz CT molecular complexity index is 486. The third kappa shape index (κ3) is 1.76. The summed E-state index contributed by atoms with van der Waals surface area (Å²) < 4.78 is 47.1. The molecule has 0 unspecified atom stereocenters. The minimum Gasteiger partial charge on any atom is -0.465 e. The van der Waals surface area contributed by atoms with E-state index >= 15 is 0 Å². The number of anilines is 1. The van der Waals surface area contributed by atoms with Crippen molar-refractivity contribution in [2.24, 2.45) is 0 Å². The maximum absolute atomic E-state index is 11.5. The fourth-order valence-electron chi connectivity index (χ4n) is 0.559. The maximum Gasteiger partial charge on any atom is 0.337 e. The van der Waals surface area contributed by atoms with E-state index in [1.54, 1.807) is 0 Å². The van der Waals surface area contributed by atoms with E-state index in [1.165, 1.54) is 0 Å². The Labute approximate surface area is 87.1 Å². The van der Waals surface area contributed by atoms with E-state index in [0.717, 1.165) is 0 Å². The van der Waals surface area contributed by atoms with Crippen molar-refractivity contribution in [3.63, 3.8) is 0 Å². The molecule has 0 fully saturated rings. The van der Waals surface area contributed by atoms with Gasteiger partial charge in [0.1, 0.15) is 0 Å². The van der Waals surface area contributed by atoms with E-state index in [0.29, 0.717) is 0 Å². The summed E-state index contributed by atoms with van der Waals surface area (Å²) in [5.41, 5.74) is 4.60. The van der Waals surface area contributed by atoms with E-state index in [4.69, 9.17) is 14.0 Å². The zero-order valence-electron chi connectivity index (χ0n) is 11.8. The lowest BCUT2D eigenvalue weighted by Crippen LogP contribution is -2.01. The van der Waals surface area contributed by atoms with Gasteiger partial charge in [0, 0.05) is 10.2 Å². The van der Waals surface area contributed by atoms with Crippen molar-refractivity contribution < 1.29 is 17.8 Å². The fraction of sp³-hybridized carbons (Fsp3) is 0.125. The molecule has 0 aliphatic heterocycles.